The Morgan fingerprint density at radius 1 is 1.39 bits per heavy atom. The van der Waals surface area contributed by atoms with Crippen LogP contribution >= 0.6 is 35.3 Å². The highest BCUT2D eigenvalue weighted by Gasteiger charge is 2.08. The van der Waals surface area contributed by atoms with Crippen LogP contribution in [0.15, 0.2) is 21.0 Å². The first-order valence-corrected chi connectivity index (χ1v) is 8.27. The minimum Gasteiger partial charge on any atom is -0.359 e. The van der Waals surface area contributed by atoms with Crippen molar-refractivity contribution in [2.75, 3.05) is 13.6 Å². The summed E-state index contributed by atoms with van der Waals surface area (Å²) in [6.45, 7) is 7.56. The summed E-state index contributed by atoms with van der Waals surface area (Å²) in [7, 11) is 1.75. The lowest BCUT2D eigenvalue weighted by molar-refractivity contribution is 0.372. The lowest BCUT2D eigenvalue weighted by Gasteiger charge is -2.09. The molecule has 128 valence electrons. The molecule has 0 atom stereocenters. The van der Waals surface area contributed by atoms with Crippen molar-refractivity contribution < 1.29 is 4.52 Å². The molecule has 0 saturated carbocycles. The van der Waals surface area contributed by atoms with Crippen LogP contribution < -0.4 is 10.6 Å². The van der Waals surface area contributed by atoms with Crippen LogP contribution in [0.3, 0.4) is 0 Å². The standard InChI is InChI=1S/C15H23N5OS.HI/c1-10(2)14-7-13(21-20-14)8-18-15(16-4)17-6-5-12-9-22-11(3)19-12;/h7,9-10H,5-6,8H2,1-4H3,(H2,16,17,18);1H. The van der Waals surface area contributed by atoms with Crippen LogP contribution in [0, 0.1) is 6.92 Å². The largest absolute Gasteiger partial charge is 0.359 e. The third-order valence-corrected chi connectivity index (χ3v) is 3.98. The molecule has 0 aliphatic rings. The average Bonchev–Trinajstić information content (AvgIpc) is 3.11. The van der Waals surface area contributed by atoms with E-state index in [1.165, 1.54) is 0 Å². The monoisotopic (exact) mass is 449 g/mol. The fourth-order valence-corrected chi connectivity index (χ4v) is 2.55. The van der Waals surface area contributed by atoms with Gasteiger partial charge in [0.05, 0.1) is 22.9 Å². The van der Waals surface area contributed by atoms with E-state index in [1.807, 2.05) is 13.0 Å². The van der Waals surface area contributed by atoms with Crippen molar-refractivity contribution >= 4 is 41.3 Å². The molecule has 2 heterocycles. The van der Waals surface area contributed by atoms with Gasteiger partial charge in [-0.2, -0.15) is 0 Å². The molecule has 0 spiro atoms. The second-order valence-electron chi connectivity index (χ2n) is 5.33. The van der Waals surface area contributed by atoms with Gasteiger partial charge in [0, 0.05) is 31.5 Å². The van der Waals surface area contributed by atoms with Crippen LogP contribution in [0.2, 0.25) is 0 Å². The molecule has 0 aliphatic carbocycles. The second-order valence-corrected chi connectivity index (χ2v) is 6.40. The Labute approximate surface area is 158 Å². The molecule has 23 heavy (non-hydrogen) atoms. The molecule has 0 amide bonds. The number of nitrogens with one attached hydrogen (secondary N) is 2. The summed E-state index contributed by atoms with van der Waals surface area (Å²) in [6.07, 6.45) is 0.880. The molecule has 2 aromatic rings. The topological polar surface area (TPSA) is 75.3 Å². The van der Waals surface area contributed by atoms with Gasteiger partial charge in [0.15, 0.2) is 11.7 Å². The SMILES string of the molecule is CN=C(NCCc1csc(C)n1)NCc1cc(C(C)C)no1.I. The van der Waals surface area contributed by atoms with Gasteiger partial charge in [0.25, 0.3) is 0 Å². The fourth-order valence-electron chi connectivity index (χ4n) is 1.91. The number of aromatic nitrogens is 2. The van der Waals surface area contributed by atoms with Gasteiger partial charge in [-0.15, -0.1) is 35.3 Å². The van der Waals surface area contributed by atoms with E-state index in [-0.39, 0.29) is 24.0 Å². The van der Waals surface area contributed by atoms with Crippen molar-refractivity contribution in [3.8, 4) is 0 Å². The Bertz CT molecular complexity index is 623. The zero-order valence-corrected chi connectivity index (χ0v) is 17.1. The number of nitrogens with zero attached hydrogens (tertiary/aromatic N) is 3. The zero-order chi connectivity index (χ0) is 15.9. The molecule has 8 heteroatoms. The first kappa shape index (κ1) is 19.9. The summed E-state index contributed by atoms with van der Waals surface area (Å²) < 4.78 is 5.29. The average molecular weight is 449 g/mol. The number of aliphatic imine (C=N–C) groups is 1. The van der Waals surface area contributed by atoms with Crippen LogP contribution in [-0.4, -0.2) is 29.7 Å². The van der Waals surface area contributed by atoms with Gasteiger partial charge in [-0.1, -0.05) is 19.0 Å². The van der Waals surface area contributed by atoms with Gasteiger partial charge in [-0.3, -0.25) is 4.99 Å². The van der Waals surface area contributed by atoms with Crippen LogP contribution in [-0.2, 0) is 13.0 Å². The minimum atomic E-state index is 0. The van der Waals surface area contributed by atoms with Gasteiger partial charge in [0.2, 0.25) is 0 Å². The van der Waals surface area contributed by atoms with Crippen LogP contribution in [0.4, 0.5) is 0 Å². The quantitative estimate of drug-likeness (QED) is 0.403. The maximum atomic E-state index is 5.29. The van der Waals surface area contributed by atoms with Crippen LogP contribution in [0.25, 0.3) is 0 Å². The molecule has 6 nitrogen and oxygen atoms in total. The van der Waals surface area contributed by atoms with Gasteiger partial charge < -0.3 is 15.2 Å². The fraction of sp³-hybridized carbons (Fsp3) is 0.533. The molecule has 2 N–H and O–H groups in total. The number of hydrogen-bond acceptors (Lipinski definition) is 5. The first-order chi connectivity index (χ1) is 10.6. The lowest BCUT2D eigenvalue weighted by atomic mass is 10.1. The van der Waals surface area contributed by atoms with E-state index in [1.54, 1.807) is 18.4 Å². The van der Waals surface area contributed by atoms with Crippen LogP contribution in [0.5, 0.6) is 0 Å². The Kier molecular flexibility index (Phi) is 8.53. The third-order valence-electron chi connectivity index (χ3n) is 3.16. The smallest absolute Gasteiger partial charge is 0.191 e. The predicted molar refractivity (Wildman–Crippen MR) is 105 cm³/mol. The first-order valence-electron chi connectivity index (χ1n) is 7.39. The van der Waals surface area contributed by atoms with Crippen molar-refractivity contribution in [3.63, 3.8) is 0 Å². The van der Waals surface area contributed by atoms with Crippen LogP contribution in [0.1, 0.15) is 41.9 Å². The van der Waals surface area contributed by atoms with Crippen molar-refractivity contribution in [2.45, 2.75) is 39.7 Å². The second kappa shape index (κ2) is 9.86. The molecule has 0 bridgehead atoms. The highest BCUT2D eigenvalue weighted by atomic mass is 127. The molecule has 0 aliphatic heterocycles. The lowest BCUT2D eigenvalue weighted by Crippen LogP contribution is -2.37. The molecular weight excluding hydrogens is 425 g/mol. The van der Waals surface area contributed by atoms with E-state index in [9.17, 15) is 0 Å². The molecule has 2 aromatic heterocycles. The maximum absolute atomic E-state index is 5.29. The number of rotatable bonds is 6. The summed E-state index contributed by atoms with van der Waals surface area (Å²) >= 11 is 1.68. The molecule has 0 aromatic carbocycles. The van der Waals surface area contributed by atoms with E-state index in [0.29, 0.717) is 12.5 Å². The molecule has 2 rings (SSSR count). The van der Waals surface area contributed by atoms with E-state index < -0.39 is 0 Å². The summed E-state index contributed by atoms with van der Waals surface area (Å²) in [5.41, 5.74) is 2.08. The normalized spacial score (nSPS) is 11.4. The van der Waals surface area contributed by atoms with Crippen molar-refractivity contribution in [3.05, 3.63) is 33.6 Å². The van der Waals surface area contributed by atoms with Gasteiger partial charge in [0.1, 0.15) is 0 Å². The number of thiazole rings is 1. The third kappa shape index (κ3) is 6.46. The summed E-state index contributed by atoms with van der Waals surface area (Å²) in [5.74, 6) is 1.92. The van der Waals surface area contributed by atoms with Gasteiger partial charge >= 0.3 is 0 Å². The van der Waals surface area contributed by atoms with E-state index >= 15 is 0 Å². The summed E-state index contributed by atoms with van der Waals surface area (Å²) in [5, 5.41) is 13.7. The van der Waals surface area contributed by atoms with Crippen molar-refractivity contribution in [1.29, 1.82) is 0 Å². The summed E-state index contributed by atoms with van der Waals surface area (Å²) in [6, 6.07) is 1.98. The number of halogens is 1. The Morgan fingerprint density at radius 2 is 2.17 bits per heavy atom. The molecule has 0 unspecified atom stereocenters. The van der Waals surface area contributed by atoms with Crippen molar-refractivity contribution in [1.82, 2.24) is 20.8 Å². The Morgan fingerprint density at radius 3 is 2.74 bits per heavy atom. The number of aryl methyl sites for hydroxylation is 1. The van der Waals surface area contributed by atoms with E-state index in [2.05, 4.69) is 45.0 Å². The number of guanidine groups is 1. The van der Waals surface area contributed by atoms with E-state index in [4.69, 9.17) is 4.52 Å². The molecular formula is C15H24IN5OS. The van der Waals surface area contributed by atoms with Gasteiger partial charge in [-0.25, -0.2) is 4.98 Å². The number of hydrogen-bond donors (Lipinski definition) is 2. The summed E-state index contributed by atoms with van der Waals surface area (Å²) in [4.78, 5) is 8.64. The Balaban J connectivity index is 0.00000264. The van der Waals surface area contributed by atoms with Crippen molar-refractivity contribution in [2.24, 2.45) is 4.99 Å². The molecule has 0 saturated heterocycles. The van der Waals surface area contributed by atoms with E-state index in [0.717, 1.165) is 41.1 Å². The predicted octanol–water partition coefficient (Wildman–Crippen LogP) is 3.09. The molecule has 0 fully saturated rings. The Hall–Kier alpha value is -1.16. The maximum Gasteiger partial charge on any atom is 0.191 e. The zero-order valence-electron chi connectivity index (χ0n) is 13.9. The highest BCUT2D eigenvalue weighted by molar-refractivity contribution is 14.0. The highest BCUT2D eigenvalue weighted by Crippen LogP contribution is 2.13. The van der Waals surface area contributed by atoms with Gasteiger partial charge in [-0.05, 0) is 12.8 Å². The minimum absolute atomic E-state index is 0. The molecule has 0 radical (unpaired) electrons.